The Bertz CT molecular complexity index is 287. The zero-order valence-electron chi connectivity index (χ0n) is 9.79. The second-order valence-corrected chi connectivity index (χ2v) is 3.96. The molecule has 1 N–H and O–H groups in total. The number of hydrogen-bond acceptors (Lipinski definition) is 3. The molecule has 0 aliphatic rings. The summed E-state index contributed by atoms with van der Waals surface area (Å²) in [5.41, 5.74) is 1.22. The topological polar surface area (TPSA) is 34.1 Å². The molecule has 0 aromatic carbocycles. The Kier molecular flexibility index (Phi) is 5.12. The molecule has 0 atom stereocenters. The highest BCUT2D eigenvalue weighted by atomic mass is 16.5. The Morgan fingerprint density at radius 2 is 2.27 bits per heavy atom. The largest absolute Gasteiger partial charge is 0.478 e. The number of aromatic nitrogens is 1. The molecule has 1 rings (SSSR count). The summed E-state index contributed by atoms with van der Waals surface area (Å²) in [4.78, 5) is 4.12. The van der Waals surface area contributed by atoms with Gasteiger partial charge in [-0.2, -0.15) is 0 Å². The fourth-order valence-corrected chi connectivity index (χ4v) is 1.29. The van der Waals surface area contributed by atoms with Gasteiger partial charge >= 0.3 is 0 Å². The van der Waals surface area contributed by atoms with Crippen LogP contribution in [0, 0.1) is 5.92 Å². The van der Waals surface area contributed by atoms with Crippen LogP contribution in [0.1, 0.15) is 26.3 Å². The third-order valence-electron chi connectivity index (χ3n) is 1.97. The van der Waals surface area contributed by atoms with E-state index in [4.69, 9.17) is 4.74 Å². The molecule has 0 spiro atoms. The number of nitrogens with zero attached hydrogens (tertiary/aromatic N) is 1. The zero-order valence-corrected chi connectivity index (χ0v) is 9.79. The van der Waals surface area contributed by atoms with Crippen molar-refractivity contribution in [3.8, 4) is 5.88 Å². The summed E-state index contributed by atoms with van der Waals surface area (Å²) < 4.78 is 5.34. The maximum atomic E-state index is 5.34. The highest BCUT2D eigenvalue weighted by molar-refractivity contribution is 5.20. The van der Waals surface area contributed by atoms with Gasteiger partial charge in [0.05, 0.1) is 6.61 Å². The fraction of sp³-hybridized carbons (Fsp3) is 0.583. The molecule has 0 saturated heterocycles. The second-order valence-electron chi connectivity index (χ2n) is 3.96. The van der Waals surface area contributed by atoms with Crippen molar-refractivity contribution in [1.29, 1.82) is 0 Å². The fourth-order valence-electron chi connectivity index (χ4n) is 1.29. The van der Waals surface area contributed by atoms with Gasteiger partial charge in [-0.05, 0) is 31.0 Å². The van der Waals surface area contributed by atoms with Crippen LogP contribution in [0.2, 0.25) is 0 Å². The molecule has 0 bridgehead atoms. The predicted molar refractivity (Wildman–Crippen MR) is 62.0 cm³/mol. The first kappa shape index (κ1) is 12.0. The van der Waals surface area contributed by atoms with Gasteiger partial charge in [-0.15, -0.1) is 0 Å². The van der Waals surface area contributed by atoms with E-state index in [0.29, 0.717) is 18.4 Å². The minimum atomic E-state index is 0.663. The van der Waals surface area contributed by atoms with E-state index in [1.807, 2.05) is 19.1 Å². The zero-order chi connectivity index (χ0) is 11.1. The van der Waals surface area contributed by atoms with Gasteiger partial charge in [-0.1, -0.05) is 13.8 Å². The second kappa shape index (κ2) is 6.40. The molecule has 84 valence electrons. The van der Waals surface area contributed by atoms with E-state index < -0.39 is 0 Å². The van der Waals surface area contributed by atoms with Gasteiger partial charge in [0.25, 0.3) is 0 Å². The van der Waals surface area contributed by atoms with Crippen LogP contribution in [0.15, 0.2) is 18.3 Å². The SMILES string of the molecule is CCOc1cc(CNCC(C)C)ccn1. The lowest BCUT2D eigenvalue weighted by molar-refractivity contribution is 0.326. The minimum Gasteiger partial charge on any atom is -0.478 e. The van der Waals surface area contributed by atoms with E-state index in [-0.39, 0.29) is 0 Å². The third kappa shape index (κ3) is 4.79. The Labute approximate surface area is 91.9 Å². The molecule has 15 heavy (non-hydrogen) atoms. The molecule has 0 fully saturated rings. The highest BCUT2D eigenvalue weighted by Gasteiger charge is 1.98. The Hall–Kier alpha value is -1.09. The maximum absolute atomic E-state index is 5.34. The average Bonchev–Trinajstić information content (AvgIpc) is 2.18. The quantitative estimate of drug-likeness (QED) is 0.778. The van der Waals surface area contributed by atoms with Gasteiger partial charge in [-0.25, -0.2) is 4.98 Å². The standard InChI is InChI=1S/C12H20N2O/c1-4-15-12-7-11(5-6-14-12)9-13-8-10(2)3/h5-7,10,13H,4,8-9H2,1-3H3. The number of rotatable bonds is 6. The molecule has 3 nitrogen and oxygen atoms in total. The van der Waals surface area contributed by atoms with E-state index in [9.17, 15) is 0 Å². The van der Waals surface area contributed by atoms with Gasteiger partial charge < -0.3 is 10.1 Å². The lowest BCUT2D eigenvalue weighted by Crippen LogP contribution is -2.18. The molecular weight excluding hydrogens is 188 g/mol. The molecule has 0 aliphatic heterocycles. The van der Waals surface area contributed by atoms with Crippen molar-refractivity contribution in [2.75, 3.05) is 13.2 Å². The van der Waals surface area contributed by atoms with Crippen molar-refractivity contribution >= 4 is 0 Å². The van der Waals surface area contributed by atoms with Crippen LogP contribution in [-0.2, 0) is 6.54 Å². The minimum absolute atomic E-state index is 0.663. The molecule has 0 amide bonds. The van der Waals surface area contributed by atoms with Crippen molar-refractivity contribution in [3.63, 3.8) is 0 Å². The van der Waals surface area contributed by atoms with Crippen molar-refractivity contribution in [2.45, 2.75) is 27.3 Å². The number of pyridine rings is 1. The summed E-state index contributed by atoms with van der Waals surface area (Å²) in [5.74, 6) is 1.39. The first-order valence-corrected chi connectivity index (χ1v) is 5.50. The van der Waals surface area contributed by atoms with Crippen molar-refractivity contribution in [3.05, 3.63) is 23.9 Å². The van der Waals surface area contributed by atoms with Crippen LogP contribution >= 0.6 is 0 Å². The number of hydrogen-bond donors (Lipinski definition) is 1. The van der Waals surface area contributed by atoms with E-state index in [1.54, 1.807) is 6.20 Å². The summed E-state index contributed by atoms with van der Waals surface area (Å²) in [6.45, 7) is 8.94. The van der Waals surface area contributed by atoms with Gasteiger partial charge in [-0.3, -0.25) is 0 Å². The normalized spacial score (nSPS) is 10.7. The summed E-state index contributed by atoms with van der Waals surface area (Å²) in [5, 5.41) is 3.39. The van der Waals surface area contributed by atoms with Crippen LogP contribution in [0.3, 0.4) is 0 Å². The van der Waals surface area contributed by atoms with E-state index in [0.717, 1.165) is 13.1 Å². The lowest BCUT2D eigenvalue weighted by atomic mass is 10.2. The van der Waals surface area contributed by atoms with Crippen LogP contribution in [0.5, 0.6) is 5.88 Å². The molecule has 1 aromatic rings. The van der Waals surface area contributed by atoms with Crippen molar-refractivity contribution < 1.29 is 4.74 Å². The molecule has 3 heteroatoms. The monoisotopic (exact) mass is 208 g/mol. The first-order chi connectivity index (χ1) is 7.22. The highest BCUT2D eigenvalue weighted by Crippen LogP contribution is 2.08. The Morgan fingerprint density at radius 1 is 1.47 bits per heavy atom. The Morgan fingerprint density at radius 3 is 2.93 bits per heavy atom. The number of ether oxygens (including phenoxy) is 1. The van der Waals surface area contributed by atoms with E-state index in [1.165, 1.54) is 5.56 Å². The molecule has 1 heterocycles. The predicted octanol–water partition coefficient (Wildman–Crippen LogP) is 2.23. The summed E-state index contributed by atoms with van der Waals surface area (Å²) in [6.07, 6.45) is 1.79. The molecular formula is C12H20N2O. The van der Waals surface area contributed by atoms with Gasteiger partial charge in [0.1, 0.15) is 0 Å². The summed E-state index contributed by atoms with van der Waals surface area (Å²) in [7, 11) is 0. The molecule has 0 radical (unpaired) electrons. The first-order valence-electron chi connectivity index (χ1n) is 5.50. The molecule has 0 aliphatic carbocycles. The van der Waals surface area contributed by atoms with Crippen molar-refractivity contribution in [1.82, 2.24) is 10.3 Å². The summed E-state index contributed by atoms with van der Waals surface area (Å²) >= 11 is 0. The van der Waals surface area contributed by atoms with Crippen LogP contribution in [0.25, 0.3) is 0 Å². The van der Waals surface area contributed by atoms with Crippen LogP contribution < -0.4 is 10.1 Å². The van der Waals surface area contributed by atoms with Crippen molar-refractivity contribution in [2.24, 2.45) is 5.92 Å². The lowest BCUT2D eigenvalue weighted by Gasteiger charge is -2.08. The van der Waals surface area contributed by atoms with Gasteiger partial charge in [0.2, 0.25) is 5.88 Å². The summed E-state index contributed by atoms with van der Waals surface area (Å²) in [6, 6.07) is 3.99. The number of nitrogens with one attached hydrogen (secondary N) is 1. The maximum Gasteiger partial charge on any atom is 0.213 e. The van der Waals surface area contributed by atoms with Crippen LogP contribution in [-0.4, -0.2) is 18.1 Å². The smallest absolute Gasteiger partial charge is 0.213 e. The molecule has 0 unspecified atom stereocenters. The molecule has 0 saturated carbocycles. The van der Waals surface area contributed by atoms with Gasteiger partial charge in [0, 0.05) is 18.8 Å². The van der Waals surface area contributed by atoms with E-state index in [2.05, 4.69) is 24.1 Å². The van der Waals surface area contributed by atoms with E-state index >= 15 is 0 Å². The van der Waals surface area contributed by atoms with Crippen LogP contribution in [0.4, 0.5) is 0 Å². The van der Waals surface area contributed by atoms with Gasteiger partial charge in [0.15, 0.2) is 0 Å². The molecule has 1 aromatic heterocycles. The Balaban J connectivity index is 2.43. The third-order valence-corrected chi connectivity index (χ3v) is 1.97. The average molecular weight is 208 g/mol.